The number of carboxylic acid groups (broad SMARTS) is 1. The van der Waals surface area contributed by atoms with E-state index < -0.39 is 5.97 Å². The highest BCUT2D eigenvalue weighted by Gasteiger charge is 2.35. The lowest BCUT2D eigenvalue weighted by atomic mass is 9.76. The Bertz CT molecular complexity index is 488. The first kappa shape index (κ1) is 14.8. The van der Waals surface area contributed by atoms with Gasteiger partial charge in [-0.05, 0) is 44.0 Å². The second-order valence-electron chi connectivity index (χ2n) is 6.18. The smallest absolute Gasteiger partial charge is 0.354 e. The molecule has 0 aliphatic carbocycles. The molecule has 5 heteroatoms. The molecule has 0 spiro atoms. The van der Waals surface area contributed by atoms with Crippen molar-refractivity contribution in [2.24, 2.45) is 5.41 Å². The molecule has 110 valence electrons. The van der Waals surface area contributed by atoms with Gasteiger partial charge in [0.15, 0.2) is 5.69 Å². The molecule has 0 saturated carbocycles. The SMILES string of the molecule is CN1CCCC(C)(C)C1CNc1cccc(C(=O)O)n1. The van der Waals surface area contributed by atoms with Crippen LogP contribution in [0.1, 0.15) is 37.2 Å². The fraction of sp³-hybridized carbons (Fsp3) is 0.600. The molecule has 1 aromatic rings. The Kier molecular flexibility index (Phi) is 4.28. The first-order valence-electron chi connectivity index (χ1n) is 7.04. The number of hydrogen-bond donors (Lipinski definition) is 2. The first-order valence-corrected chi connectivity index (χ1v) is 7.04. The molecule has 2 heterocycles. The van der Waals surface area contributed by atoms with Gasteiger partial charge in [-0.2, -0.15) is 0 Å². The van der Waals surface area contributed by atoms with Crippen molar-refractivity contribution in [3.05, 3.63) is 23.9 Å². The summed E-state index contributed by atoms with van der Waals surface area (Å²) < 4.78 is 0. The number of likely N-dealkylation sites (N-methyl/N-ethyl adjacent to an activating group) is 1. The minimum atomic E-state index is -0.997. The molecule has 0 bridgehead atoms. The summed E-state index contributed by atoms with van der Waals surface area (Å²) in [5.74, 6) is -0.372. The Balaban J connectivity index is 2.04. The van der Waals surface area contributed by atoms with Gasteiger partial charge >= 0.3 is 5.97 Å². The predicted octanol–water partition coefficient (Wildman–Crippen LogP) is 2.31. The zero-order chi connectivity index (χ0) is 14.8. The van der Waals surface area contributed by atoms with Crippen molar-refractivity contribution in [2.75, 3.05) is 25.5 Å². The van der Waals surface area contributed by atoms with Gasteiger partial charge in [0, 0.05) is 12.6 Å². The summed E-state index contributed by atoms with van der Waals surface area (Å²) in [5.41, 5.74) is 0.330. The van der Waals surface area contributed by atoms with Gasteiger partial charge in [0.1, 0.15) is 5.82 Å². The second-order valence-corrected chi connectivity index (χ2v) is 6.18. The number of anilines is 1. The molecular formula is C15H23N3O2. The average molecular weight is 277 g/mol. The number of aromatic carboxylic acids is 1. The van der Waals surface area contributed by atoms with Gasteiger partial charge in [0.2, 0.25) is 0 Å². The van der Waals surface area contributed by atoms with Crippen LogP contribution in [0.15, 0.2) is 18.2 Å². The van der Waals surface area contributed by atoms with Crippen molar-refractivity contribution in [2.45, 2.75) is 32.7 Å². The largest absolute Gasteiger partial charge is 0.477 e. The minimum absolute atomic E-state index is 0.0752. The fourth-order valence-electron chi connectivity index (χ4n) is 2.99. The monoisotopic (exact) mass is 277 g/mol. The van der Waals surface area contributed by atoms with E-state index in [0.29, 0.717) is 11.9 Å². The van der Waals surface area contributed by atoms with E-state index in [0.717, 1.165) is 13.1 Å². The van der Waals surface area contributed by atoms with Gasteiger partial charge in [-0.15, -0.1) is 0 Å². The molecule has 1 aliphatic rings. The van der Waals surface area contributed by atoms with Crippen LogP contribution in [0.5, 0.6) is 0 Å². The lowest BCUT2D eigenvalue weighted by Gasteiger charge is -2.45. The van der Waals surface area contributed by atoms with Crippen molar-refractivity contribution < 1.29 is 9.90 Å². The summed E-state index contributed by atoms with van der Waals surface area (Å²) in [6, 6.07) is 5.45. The van der Waals surface area contributed by atoms with E-state index in [1.807, 2.05) is 6.07 Å². The highest BCUT2D eigenvalue weighted by Crippen LogP contribution is 2.34. The molecule has 0 amide bonds. The van der Waals surface area contributed by atoms with E-state index in [1.54, 1.807) is 6.07 Å². The van der Waals surface area contributed by atoms with Crippen LogP contribution in [0, 0.1) is 5.41 Å². The summed E-state index contributed by atoms with van der Waals surface area (Å²) in [7, 11) is 2.15. The molecule has 5 nitrogen and oxygen atoms in total. The van der Waals surface area contributed by atoms with E-state index in [4.69, 9.17) is 5.11 Å². The molecule has 2 N–H and O–H groups in total. The number of nitrogens with zero attached hydrogens (tertiary/aromatic N) is 2. The summed E-state index contributed by atoms with van der Waals surface area (Å²) in [6.07, 6.45) is 2.44. The van der Waals surface area contributed by atoms with E-state index in [2.05, 4.69) is 36.1 Å². The van der Waals surface area contributed by atoms with Crippen LogP contribution in [0.4, 0.5) is 5.82 Å². The molecular weight excluding hydrogens is 254 g/mol. The van der Waals surface area contributed by atoms with Crippen molar-refractivity contribution in [3.8, 4) is 0 Å². The number of rotatable bonds is 4. The van der Waals surface area contributed by atoms with Crippen LogP contribution in [0.25, 0.3) is 0 Å². The molecule has 1 saturated heterocycles. The van der Waals surface area contributed by atoms with Crippen LogP contribution in [0.2, 0.25) is 0 Å². The van der Waals surface area contributed by atoms with Crippen LogP contribution in [-0.4, -0.2) is 47.1 Å². The Morgan fingerprint density at radius 2 is 2.30 bits per heavy atom. The zero-order valence-corrected chi connectivity index (χ0v) is 12.4. The molecule has 1 aromatic heterocycles. The molecule has 1 fully saturated rings. The maximum Gasteiger partial charge on any atom is 0.354 e. The highest BCUT2D eigenvalue weighted by atomic mass is 16.4. The normalized spacial score (nSPS) is 22.4. The number of piperidine rings is 1. The van der Waals surface area contributed by atoms with E-state index in [9.17, 15) is 4.79 Å². The van der Waals surface area contributed by atoms with Gasteiger partial charge in [-0.25, -0.2) is 9.78 Å². The fourth-order valence-corrected chi connectivity index (χ4v) is 2.99. The molecule has 2 rings (SSSR count). The summed E-state index contributed by atoms with van der Waals surface area (Å²) in [4.78, 5) is 17.4. The quantitative estimate of drug-likeness (QED) is 0.884. The third-order valence-electron chi connectivity index (χ3n) is 4.21. The first-order chi connectivity index (χ1) is 9.40. The number of carbonyl (C=O) groups is 1. The highest BCUT2D eigenvalue weighted by molar-refractivity contribution is 5.85. The Morgan fingerprint density at radius 3 is 2.95 bits per heavy atom. The maximum atomic E-state index is 10.9. The second kappa shape index (κ2) is 5.79. The molecule has 1 aliphatic heterocycles. The molecule has 20 heavy (non-hydrogen) atoms. The number of aromatic nitrogens is 1. The minimum Gasteiger partial charge on any atom is -0.477 e. The van der Waals surface area contributed by atoms with Gasteiger partial charge in [0.05, 0.1) is 0 Å². The lowest BCUT2D eigenvalue weighted by Crippen LogP contribution is -2.51. The van der Waals surface area contributed by atoms with E-state index in [1.165, 1.54) is 18.9 Å². The molecule has 0 radical (unpaired) electrons. The lowest BCUT2D eigenvalue weighted by molar-refractivity contribution is 0.0668. The van der Waals surface area contributed by atoms with Crippen molar-refractivity contribution in [3.63, 3.8) is 0 Å². The third kappa shape index (κ3) is 3.28. The maximum absolute atomic E-state index is 10.9. The van der Waals surface area contributed by atoms with E-state index in [-0.39, 0.29) is 11.1 Å². The number of nitrogens with one attached hydrogen (secondary N) is 1. The average Bonchev–Trinajstić information content (AvgIpc) is 2.37. The Hall–Kier alpha value is -1.62. The third-order valence-corrected chi connectivity index (χ3v) is 4.21. The standard InChI is InChI=1S/C15H23N3O2/c1-15(2)8-5-9-18(3)12(15)10-16-13-7-4-6-11(17-13)14(19)20/h4,6-7,12H,5,8-10H2,1-3H3,(H,16,17)(H,19,20). The zero-order valence-electron chi connectivity index (χ0n) is 12.4. The van der Waals surface area contributed by atoms with Crippen LogP contribution in [-0.2, 0) is 0 Å². The predicted molar refractivity (Wildman–Crippen MR) is 79.1 cm³/mol. The summed E-state index contributed by atoms with van der Waals surface area (Å²) in [6.45, 7) is 6.46. The number of hydrogen-bond acceptors (Lipinski definition) is 4. The Labute approximate surface area is 120 Å². The molecule has 0 aromatic carbocycles. The van der Waals surface area contributed by atoms with E-state index >= 15 is 0 Å². The summed E-state index contributed by atoms with van der Waals surface area (Å²) >= 11 is 0. The van der Waals surface area contributed by atoms with Crippen molar-refractivity contribution in [1.29, 1.82) is 0 Å². The Morgan fingerprint density at radius 1 is 1.55 bits per heavy atom. The number of likely N-dealkylation sites (tertiary alicyclic amines) is 1. The van der Waals surface area contributed by atoms with Crippen LogP contribution in [0.3, 0.4) is 0 Å². The van der Waals surface area contributed by atoms with Crippen LogP contribution >= 0.6 is 0 Å². The number of pyridine rings is 1. The summed E-state index contributed by atoms with van der Waals surface area (Å²) in [5, 5.41) is 12.2. The number of carboxylic acids is 1. The van der Waals surface area contributed by atoms with Crippen molar-refractivity contribution in [1.82, 2.24) is 9.88 Å². The topological polar surface area (TPSA) is 65.5 Å². The van der Waals surface area contributed by atoms with Gasteiger partial charge in [-0.1, -0.05) is 19.9 Å². The van der Waals surface area contributed by atoms with Crippen molar-refractivity contribution >= 4 is 11.8 Å². The molecule has 1 unspecified atom stereocenters. The van der Waals surface area contributed by atoms with Gasteiger partial charge < -0.3 is 15.3 Å². The van der Waals surface area contributed by atoms with Gasteiger partial charge in [-0.3, -0.25) is 0 Å². The van der Waals surface area contributed by atoms with Gasteiger partial charge in [0.25, 0.3) is 0 Å². The molecule has 1 atom stereocenters. The van der Waals surface area contributed by atoms with Crippen LogP contribution < -0.4 is 5.32 Å².